The molecule has 0 aromatic heterocycles. The van der Waals surface area contributed by atoms with E-state index >= 15 is 0 Å². The van der Waals surface area contributed by atoms with Crippen LogP contribution in [-0.2, 0) is 4.74 Å². The number of halogens is 1. The van der Waals surface area contributed by atoms with E-state index in [0.717, 1.165) is 23.7 Å². The molecule has 0 N–H and O–H groups in total. The molecule has 0 aliphatic carbocycles. The molecule has 1 fully saturated rings. The number of ether oxygens (including phenoxy) is 1. The van der Waals surface area contributed by atoms with Gasteiger partial charge in [-0.2, -0.15) is 0 Å². The van der Waals surface area contributed by atoms with Crippen LogP contribution in [0.4, 0.5) is 0 Å². The number of benzene rings is 2. The third-order valence-corrected chi connectivity index (χ3v) is 4.67. The first kappa shape index (κ1) is 16.5. The lowest BCUT2D eigenvalue weighted by atomic mass is 10.0. The zero-order valence-electron chi connectivity index (χ0n) is 13.5. The summed E-state index contributed by atoms with van der Waals surface area (Å²) < 4.78 is 6.27. The van der Waals surface area contributed by atoms with Crippen LogP contribution in [-0.4, -0.2) is 31.1 Å². The molecule has 0 saturated carbocycles. The topological polar surface area (TPSA) is 12.5 Å². The molecule has 2 nitrogen and oxygen atoms in total. The molecule has 122 valence electrons. The maximum atomic E-state index is 6.27. The molecule has 0 radical (unpaired) electrons. The van der Waals surface area contributed by atoms with Crippen molar-refractivity contribution in [2.75, 3.05) is 26.2 Å². The van der Waals surface area contributed by atoms with Gasteiger partial charge < -0.3 is 9.64 Å². The first-order valence-electron chi connectivity index (χ1n) is 8.47. The summed E-state index contributed by atoms with van der Waals surface area (Å²) in [5.74, 6) is 0. The van der Waals surface area contributed by atoms with Crippen LogP contribution in [0.3, 0.4) is 0 Å². The fraction of sp³-hybridized carbons (Fsp3) is 0.400. The summed E-state index contributed by atoms with van der Waals surface area (Å²) in [4.78, 5) is 2.51. The van der Waals surface area contributed by atoms with Gasteiger partial charge in [0.25, 0.3) is 0 Å². The first-order valence-corrected chi connectivity index (χ1v) is 8.85. The number of rotatable bonds is 6. The molecule has 1 heterocycles. The first-order chi connectivity index (χ1) is 11.3. The Balaban J connectivity index is 1.66. The molecule has 1 atom stereocenters. The van der Waals surface area contributed by atoms with Gasteiger partial charge in [-0.15, -0.1) is 0 Å². The lowest BCUT2D eigenvalue weighted by Gasteiger charge is -2.27. The van der Waals surface area contributed by atoms with Gasteiger partial charge in [0.15, 0.2) is 0 Å². The van der Waals surface area contributed by atoms with E-state index in [9.17, 15) is 0 Å². The van der Waals surface area contributed by atoms with Crippen LogP contribution in [0.2, 0.25) is 5.02 Å². The van der Waals surface area contributed by atoms with Crippen LogP contribution in [0.25, 0.3) is 0 Å². The summed E-state index contributed by atoms with van der Waals surface area (Å²) >= 11 is 6.02. The average Bonchev–Trinajstić information content (AvgIpc) is 2.61. The Labute approximate surface area is 144 Å². The minimum absolute atomic E-state index is 0.0294. The van der Waals surface area contributed by atoms with Gasteiger partial charge in [-0.25, -0.2) is 0 Å². The summed E-state index contributed by atoms with van der Waals surface area (Å²) in [6, 6.07) is 18.4. The van der Waals surface area contributed by atoms with E-state index in [4.69, 9.17) is 16.3 Å². The van der Waals surface area contributed by atoms with Crippen molar-refractivity contribution in [1.29, 1.82) is 0 Å². The Morgan fingerprint density at radius 1 is 0.870 bits per heavy atom. The Kier molecular flexibility index (Phi) is 6.09. The van der Waals surface area contributed by atoms with E-state index in [1.54, 1.807) is 0 Å². The summed E-state index contributed by atoms with van der Waals surface area (Å²) in [5.41, 5.74) is 2.34. The van der Waals surface area contributed by atoms with Gasteiger partial charge in [0, 0.05) is 11.6 Å². The maximum Gasteiger partial charge on any atom is 0.108 e. The molecule has 0 bridgehead atoms. The van der Waals surface area contributed by atoms with Crippen LogP contribution >= 0.6 is 11.6 Å². The molecule has 0 amide bonds. The van der Waals surface area contributed by atoms with Crippen molar-refractivity contribution in [1.82, 2.24) is 4.90 Å². The molecule has 23 heavy (non-hydrogen) atoms. The van der Waals surface area contributed by atoms with Gasteiger partial charge >= 0.3 is 0 Å². The van der Waals surface area contributed by atoms with E-state index in [-0.39, 0.29) is 6.10 Å². The van der Waals surface area contributed by atoms with E-state index in [1.807, 2.05) is 18.2 Å². The van der Waals surface area contributed by atoms with E-state index in [0.29, 0.717) is 0 Å². The number of likely N-dealkylation sites (tertiary alicyclic amines) is 1. The molecule has 1 saturated heterocycles. The smallest absolute Gasteiger partial charge is 0.108 e. The lowest BCUT2D eigenvalue weighted by Crippen LogP contribution is -2.33. The van der Waals surface area contributed by atoms with Crippen molar-refractivity contribution in [2.24, 2.45) is 0 Å². The Hall–Kier alpha value is -1.35. The van der Waals surface area contributed by atoms with Crippen molar-refractivity contribution >= 4 is 11.6 Å². The highest BCUT2D eigenvalue weighted by atomic mass is 35.5. The zero-order chi connectivity index (χ0) is 15.9. The SMILES string of the molecule is Clc1ccc([C@H](OCCN2CCCCC2)c2ccccc2)cc1. The van der Waals surface area contributed by atoms with E-state index < -0.39 is 0 Å². The van der Waals surface area contributed by atoms with Gasteiger partial charge in [-0.3, -0.25) is 0 Å². The highest BCUT2D eigenvalue weighted by molar-refractivity contribution is 6.30. The molecule has 2 aromatic rings. The number of piperidine rings is 1. The molecular formula is C20H24ClNO. The van der Waals surface area contributed by atoms with Crippen LogP contribution in [0.15, 0.2) is 54.6 Å². The molecule has 3 rings (SSSR count). The van der Waals surface area contributed by atoms with Gasteiger partial charge in [0.2, 0.25) is 0 Å². The summed E-state index contributed by atoms with van der Waals surface area (Å²) in [5, 5.41) is 0.758. The highest BCUT2D eigenvalue weighted by Gasteiger charge is 2.16. The Morgan fingerprint density at radius 2 is 1.52 bits per heavy atom. The van der Waals surface area contributed by atoms with Crippen LogP contribution in [0.5, 0.6) is 0 Å². The lowest BCUT2D eigenvalue weighted by molar-refractivity contribution is 0.0557. The summed E-state index contributed by atoms with van der Waals surface area (Å²) in [6.45, 7) is 4.18. The normalized spacial score (nSPS) is 17.1. The number of hydrogen-bond acceptors (Lipinski definition) is 2. The monoisotopic (exact) mass is 329 g/mol. The van der Waals surface area contributed by atoms with Crippen molar-refractivity contribution in [2.45, 2.75) is 25.4 Å². The summed E-state index contributed by atoms with van der Waals surface area (Å²) in [6.07, 6.45) is 3.98. The van der Waals surface area contributed by atoms with Crippen molar-refractivity contribution in [3.8, 4) is 0 Å². The molecule has 3 heteroatoms. The van der Waals surface area contributed by atoms with Crippen LogP contribution in [0, 0.1) is 0 Å². The summed E-state index contributed by atoms with van der Waals surface area (Å²) in [7, 11) is 0. The predicted octanol–water partition coefficient (Wildman–Crippen LogP) is 4.93. The Bertz CT molecular complexity index is 578. The van der Waals surface area contributed by atoms with Crippen LogP contribution in [0.1, 0.15) is 36.5 Å². The zero-order valence-corrected chi connectivity index (χ0v) is 14.2. The van der Waals surface area contributed by atoms with Gasteiger partial charge in [-0.1, -0.05) is 60.5 Å². The molecular weight excluding hydrogens is 306 g/mol. The second kappa shape index (κ2) is 8.49. The minimum atomic E-state index is -0.0294. The Morgan fingerprint density at radius 3 is 2.22 bits per heavy atom. The number of nitrogens with zero attached hydrogens (tertiary/aromatic N) is 1. The van der Waals surface area contributed by atoms with Gasteiger partial charge in [0.05, 0.1) is 6.61 Å². The third-order valence-electron chi connectivity index (χ3n) is 4.42. The molecule has 1 aliphatic rings. The van der Waals surface area contributed by atoms with Gasteiger partial charge in [0.1, 0.15) is 6.10 Å². The molecule has 1 aliphatic heterocycles. The largest absolute Gasteiger partial charge is 0.367 e. The van der Waals surface area contributed by atoms with Gasteiger partial charge in [-0.05, 0) is 49.2 Å². The second-order valence-corrected chi connectivity index (χ2v) is 6.55. The highest BCUT2D eigenvalue weighted by Crippen LogP contribution is 2.27. The second-order valence-electron chi connectivity index (χ2n) is 6.12. The third kappa shape index (κ3) is 4.81. The number of hydrogen-bond donors (Lipinski definition) is 0. The average molecular weight is 330 g/mol. The fourth-order valence-electron chi connectivity index (χ4n) is 3.13. The maximum absolute atomic E-state index is 6.27. The van der Waals surface area contributed by atoms with Crippen LogP contribution < -0.4 is 0 Å². The van der Waals surface area contributed by atoms with E-state index in [1.165, 1.54) is 37.9 Å². The fourth-order valence-corrected chi connectivity index (χ4v) is 3.26. The standard InChI is InChI=1S/C20H24ClNO/c21-19-11-9-18(10-12-19)20(17-7-3-1-4-8-17)23-16-15-22-13-5-2-6-14-22/h1,3-4,7-12,20H,2,5-6,13-16H2/t20-/m1/s1. The predicted molar refractivity (Wildman–Crippen MR) is 96.0 cm³/mol. The minimum Gasteiger partial charge on any atom is -0.367 e. The van der Waals surface area contributed by atoms with Crippen molar-refractivity contribution in [3.63, 3.8) is 0 Å². The van der Waals surface area contributed by atoms with E-state index in [2.05, 4.69) is 41.3 Å². The molecule has 0 unspecified atom stereocenters. The molecule has 0 spiro atoms. The van der Waals surface area contributed by atoms with Crippen molar-refractivity contribution < 1.29 is 4.74 Å². The quantitative estimate of drug-likeness (QED) is 0.745. The molecule has 2 aromatic carbocycles. The van der Waals surface area contributed by atoms with Crippen molar-refractivity contribution in [3.05, 3.63) is 70.7 Å².